The minimum Gasteiger partial charge on any atom is -0.366 e. The van der Waals surface area contributed by atoms with Gasteiger partial charge >= 0.3 is 0 Å². The van der Waals surface area contributed by atoms with Crippen LogP contribution in [0.1, 0.15) is 25.7 Å². The first-order valence-electron chi connectivity index (χ1n) is 10.3. The van der Waals surface area contributed by atoms with Crippen molar-refractivity contribution in [2.75, 3.05) is 34.8 Å². The summed E-state index contributed by atoms with van der Waals surface area (Å²) in [5, 5.41) is 14.6. The lowest BCUT2D eigenvalue weighted by molar-refractivity contribution is -0.384. The van der Waals surface area contributed by atoms with E-state index in [1.807, 2.05) is 4.90 Å². The van der Waals surface area contributed by atoms with E-state index in [4.69, 9.17) is 11.6 Å². The fourth-order valence-electron chi connectivity index (χ4n) is 4.22. The number of amides is 2. The summed E-state index contributed by atoms with van der Waals surface area (Å²) in [4.78, 5) is 39.2. The Bertz CT molecular complexity index is 1020. The highest BCUT2D eigenvalue weighted by atomic mass is 35.5. The van der Waals surface area contributed by atoms with E-state index < -0.39 is 0 Å². The smallest absolute Gasteiger partial charge is 0.292 e. The average molecular weight is 443 g/mol. The molecule has 2 aromatic carbocycles. The third-order valence-electron chi connectivity index (χ3n) is 5.86. The van der Waals surface area contributed by atoms with Gasteiger partial charge in [0.25, 0.3) is 5.69 Å². The fraction of sp³-hybridized carbons (Fsp3) is 0.364. The number of nitro benzene ring substituents is 1. The summed E-state index contributed by atoms with van der Waals surface area (Å²) < 4.78 is 0. The monoisotopic (exact) mass is 442 g/mol. The second kappa shape index (κ2) is 8.93. The Morgan fingerprint density at radius 3 is 2.48 bits per heavy atom. The number of carbonyl (C=O) groups excluding carboxylic acids is 2. The molecule has 0 radical (unpaired) electrons. The molecule has 2 aromatic rings. The molecule has 0 bridgehead atoms. The van der Waals surface area contributed by atoms with Crippen LogP contribution in [0, 0.1) is 16.0 Å². The van der Waals surface area contributed by atoms with Crippen LogP contribution in [0.4, 0.5) is 22.7 Å². The van der Waals surface area contributed by atoms with Crippen LogP contribution < -0.4 is 15.1 Å². The van der Waals surface area contributed by atoms with Gasteiger partial charge in [-0.1, -0.05) is 23.7 Å². The number of para-hydroxylation sites is 2. The van der Waals surface area contributed by atoms with Gasteiger partial charge in [-0.3, -0.25) is 19.7 Å². The normalized spacial score (nSPS) is 17.1. The number of rotatable bonds is 5. The molecule has 0 atom stereocenters. The van der Waals surface area contributed by atoms with Crippen molar-refractivity contribution >= 4 is 46.2 Å². The molecule has 2 saturated heterocycles. The number of halogens is 1. The Hall–Kier alpha value is -3.13. The number of anilines is 3. The van der Waals surface area contributed by atoms with Gasteiger partial charge in [-0.15, -0.1) is 0 Å². The molecule has 2 fully saturated rings. The van der Waals surface area contributed by atoms with Crippen molar-refractivity contribution in [3.8, 4) is 0 Å². The van der Waals surface area contributed by atoms with E-state index >= 15 is 0 Å². The molecule has 0 saturated carbocycles. The second-order valence-corrected chi connectivity index (χ2v) is 8.22. The van der Waals surface area contributed by atoms with Gasteiger partial charge in [0.2, 0.25) is 11.8 Å². The molecule has 1 N–H and O–H groups in total. The highest BCUT2D eigenvalue weighted by molar-refractivity contribution is 6.34. The topological polar surface area (TPSA) is 95.8 Å². The van der Waals surface area contributed by atoms with Crippen molar-refractivity contribution in [2.24, 2.45) is 5.92 Å². The summed E-state index contributed by atoms with van der Waals surface area (Å²) in [5.41, 5.74) is 1.92. The summed E-state index contributed by atoms with van der Waals surface area (Å²) in [5.74, 6) is -0.218. The lowest BCUT2D eigenvalue weighted by Crippen LogP contribution is -2.38. The third kappa shape index (κ3) is 4.49. The van der Waals surface area contributed by atoms with Crippen LogP contribution in [-0.4, -0.2) is 36.4 Å². The SMILES string of the molecule is O=C(Nc1ccc(N2CCCC2=O)c(Cl)c1)C1CCN(c2ccccc2[N+](=O)[O-])CC1. The number of nitrogens with one attached hydrogen (secondary N) is 1. The number of hydrogen-bond acceptors (Lipinski definition) is 5. The van der Waals surface area contributed by atoms with Crippen LogP contribution in [-0.2, 0) is 9.59 Å². The van der Waals surface area contributed by atoms with Crippen molar-refractivity contribution < 1.29 is 14.5 Å². The van der Waals surface area contributed by atoms with E-state index in [0.29, 0.717) is 61.0 Å². The molecule has 2 aliphatic heterocycles. The molecule has 0 aliphatic carbocycles. The predicted octanol–water partition coefficient (Wildman–Crippen LogP) is 4.23. The van der Waals surface area contributed by atoms with Gasteiger partial charge in [-0.2, -0.15) is 0 Å². The zero-order chi connectivity index (χ0) is 22.0. The third-order valence-corrected chi connectivity index (χ3v) is 6.17. The zero-order valence-corrected chi connectivity index (χ0v) is 17.7. The molecule has 2 heterocycles. The minimum absolute atomic E-state index is 0.0594. The van der Waals surface area contributed by atoms with Gasteiger partial charge in [0.1, 0.15) is 5.69 Å². The number of nitro groups is 1. The van der Waals surface area contributed by atoms with Crippen molar-refractivity contribution in [3.05, 3.63) is 57.6 Å². The first-order chi connectivity index (χ1) is 14.9. The molecular weight excluding hydrogens is 420 g/mol. The second-order valence-electron chi connectivity index (χ2n) is 7.81. The van der Waals surface area contributed by atoms with Crippen molar-refractivity contribution in [1.29, 1.82) is 0 Å². The summed E-state index contributed by atoms with van der Waals surface area (Å²) >= 11 is 6.36. The average Bonchev–Trinajstić information content (AvgIpc) is 3.19. The van der Waals surface area contributed by atoms with Crippen LogP contribution in [0.2, 0.25) is 5.02 Å². The number of hydrogen-bond donors (Lipinski definition) is 1. The lowest BCUT2D eigenvalue weighted by atomic mass is 9.95. The molecule has 0 unspecified atom stereocenters. The molecule has 0 spiro atoms. The van der Waals surface area contributed by atoms with Crippen LogP contribution in [0.15, 0.2) is 42.5 Å². The Kier molecular flexibility index (Phi) is 6.08. The maximum Gasteiger partial charge on any atom is 0.292 e. The maximum atomic E-state index is 12.7. The number of carbonyl (C=O) groups is 2. The Morgan fingerprint density at radius 1 is 1.10 bits per heavy atom. The predicted molar refractivity (Wildman–Crippen MR) is 120 cm³/mol. The van der Waals surface area contributed by atoms with Gasteiger partial charge in [0.15, 0.2) is 0 Å². The molecule has 2 amide bonds. The first-order valence-corrected chi connectivity index (χ1v) is 10.7. The zero-order valence-electron chi connectivity index (χ0n) is 16.9. The molecule has 162 valence electrons. The Morgan fingerprint density at radius 2 is 1.84 bits per heavy atom. The van der Waals surface area contributed by atoms with Crippen molar-refractivity contribution in [3.63, 3.8) is 0 Å². The number of piperidine rings is 1. The van der Waals surface area contributed by atoms with Gasteiger partial charge in [0.05, 0.1) is 15.6 Å². The Balaban J connectivity index is 1.37. The molecule has 4 rings (SSSR count). The summed E-state index contributed by atoms with van der Waals surface area (Å²) in [6, 6.07) is 11.9. The standard InChI is InChI=1S/C22H23ClN4O4/c23-17-14-16(7-8-18(17)26-11-3-6-21(26)28)24-22(29)15-9-12-25(13-10-15)19-4-1-2-5-20(19)27(30)31/h1-2,4-5,7-8,14-15H,3,6,9-13H2,(H,24,29). The summed E-state index contributed by atoms with van der Waals surface area (Å²) in [6.07, 6.45) is 2.55. The number of benzene rings is 2. The molecular formula is C22H23ClN4O4. The fourth-order valence-corrected chi connectivity index (χ4v) is 4.50. The van der Waals surface area contributed by atoms with Gasteiger partial charge in [-0.05, 0) is 43.5 Å². The van der Waals surface area contributed by atoms with E-state index in [9.17, 15) is 19.7 Å². The summed E-state index contributed by atoms with van der Waals surface area (Å²) in [7, 11) is 0. The highest BCUT2D eigenvalue weighted by Crippen LogP contribution is 2.33. The van der Waals surface area contributed by atoms with Crippen LogP contribution in [0.3, 0.4) is 0 Å². The van der Waals surface area contributed by atoms with Crippen LogP contribution in [0.5, 0.6) is 0 Å². The van der Waals surface area contributed by atoms with E-state index in [1.54, 1.807) is 41.3 Å². The van der Waals surface area contributed by atoms with Crippen molar-refractivity contribution in [1.82, 2.24) is 0 Å². The Labute approximate surface area is 184 Å². The molecule has 8 nitrogen and oxygen atoms in total. The van der Waals surface area contributed by atoms with E-state index in [2.05, 4.69) is 5.32 Å². The van der Waals surface area contributed by atoms with E-state index in [-0.39, 0.29) is 28.3 Å². The lowest BCUT2D eigenvalue weighted by Gasteiger charge is -2.32. The van der Waals surface area contributed by atoms with Gasteiger partial charge in [0, 0.05) is 43.7 Å². The van der Waals surface area contributed by atoms with Gasteiger partial charge < -0.3 is 15.1 Å². The molecule has 2 aliphatic rings. The molecule has 9 heteroatoms. The van der Waals surface area contributed by atoms with E-state index in [0.717, 1.165) is 6.42 Å². The number of nitrogens with zero attached hydrogens (tertiary/aromatic N) is 3. The van der Waals surface area contributed by atoms with Gasteiger partial charge in [-0.25, -0.2) is 0 Å². The first kappa shape index (κ1) is 21.1. The molecule has 0 aromatic heterocycles. The highest BCUT2D eigenvalue weighted by Gasteiger charge is 2.28. The minimum atomic E-state index is -0.378. The quantitative estimate of drug-likeness (QED) is 0.552. The van der Waals surface area contributed by atoms with E-state index in [1.165, 1.54) is 6.07 Å². The summed E-state index contributed by atoms with van der Waals surface area (Å²) in [6.45, 7) is 1.79. The van der Waals surface area contributed by atoms with Crippen LogP contribution >= 0.6 is 11.6 Å². The maximum absolute atomic E-state index is 12.7. The largest absolute Gasteiger partial charge is 0.366 e. The molecule has 31 heavy (non-hydrogen) atoms. The van der Waals surface area contributed by atoms with Crippen LogP contribution in [0.25, 0.3) is 0 Å². The van der Waals surface area contributed by atoms with Crippen molar-refractivity contribution in [2.45, 2.75) is 25.7 Å².